The summed E-state index contributed by atoms with van der Waals surface area (Å²) in [6.07, 6.45) is 0.681. The van der Waals surface area contributed by atoms with E-state index in [1.165, 1.54) is 12.1 Å². The number of benzene rings is 3. The van der Waals surface area contributed by atoms with E-state index in [-0.39, 0.29) is 10.9 Å². The first-order valence-corrected chi connectivity index (χ1v) is 9.71. The molecule has 0 spiro atoms. The van der Waals surface area contributed by atoms with Gasteiger partial charge in [0.05, 0.1) is 10.3 Å². The Bertz CT molecular complexity index is 1110. The molecule has 0 saturated heterocycles. The van der Waals surface area contributed by atoms with Gasteiger partial charge >= 0.3 is 5.97 Å². The van der Waals surface area contributed by atoms with Gasteiger partial charge in [-0.25, -0.2) is 0 Å². The molecule has 0 aliphatic heterocycles. The molecule has 0 saturated carbocycles. The quantitative estimate of drug-likeness (QED) is 0.314. The molecule has 0 aliphatic rings. The first-order chi connectivity index (χ1) is 12.1. The normalized spacial score (nSPS) is 12.5. The molecule has 6 heteroatoms. The molecule has 0 amide bonds. The average Bonchev–Trinajstić information content (AvgIpc) is 2.58. The molecule has 26 heavy (non-hydrogen) atoms. The lowest BCUT2D eigenvalue weighted by atomic mass is 9.91. The molecule has 3 rings (SSSR count). The number of carbonyl (C=O) groups excluding carboxylic acids is 1. The van der Waals surface area contributed by atoms with E-state index < -0.39 is 15.5 Å². The molecule has 5 nitrogen and oxygen atoms in total. The van der Waals surface area contributed by atoms with Gasteiger partial charge in [0.1, 0.15) is 5.75 Å². The second-order valence-corrected chi connectivity index (χ2v) is 8.39. The summed E-state index contributed by atoms with van der Waals surface area (Å²) < 4.78 is 37.3. The van der Waals surface area contributed by atoms with Gasteiger partial charge in [-0.1, -0.05) is 19.1 Å². The average molecular weight is 372 g/mol. The van der Waals surface area contributed by atoms with Crippen molar-refractivity contribution in [1.29, 1.82) is 0 Å². The van der Waals surface area contributed by atoms with Crippen molar-refractivity contribution in [2.24, 2.45) is 5.41 Å². The molecular formula is C20H20O5S. The number of hydrogen-bond donors (Lipinski definition) is 1. The minimum Gasteiger partial charge on any atom is -0.426 e. The van der Waals surface area contributed by atoms with Crippen LogP contribution in [0.4, 0.5) is 0 Å². The van der Waals surface area contributed by atoms with Crippen LogP contribution in [0.15, 0.2) is 53.4 Å². The van der Waals surface area contributed by atoms with E-state index in [0.29, 0.717) is 17.6 Å². The van der Waals surface area contributed by atoms with Gasteiger partial charge in [0.15, 0.2) is 0 Å². The van der Waals surface area contributed by atoms with E-state index in [0.717, 1.165) is 16.2 Å². The zero-order valence-corrected chi connectivity index (χ0v) is 15.6. The predicted octanol–water partition coefficient (Wildman–Crippen LogP) is 4.58. The van der Waals surface area contributed by atoms with Crippen LogP contribution >= 0.6 is 0 Å². The maximum absolute atomic E-state index is 12.2. The van der Waals surface area contributed by atoms with Crippen molar-refractivity contribution in [1.82, 2.24) is 0 Å². The topological polar surface area (TPSA) is 80.7 Å². The summed E-state index contributed by atoms with van der Waals surface area (Å²) in [6, 6.07) is 13.5. The van der Waals surface area contributed by atoms with E-state index in [1.807, 2.05) is 39.0 Å². The molecule has 136 valence electrons. The first-order valence-electron chi connectivity index (χ1n) is 8.27. The second-order valence-electron chi connectivity index (χ2n) is 6.97. The molecule has 0 bridgehead atoms. The molecule has 3 aromatic rings. The summed E-state index contributed by atoms with van der Waals surface area (Å²) >= 11 is 0. The van der Waals surface area contributed by atoms with Gasteiger partial charge in [0, 0.05) is 0 Å². The van der Waals surface area contributed by atoms with E-state index in [1.54, 1.807) is 18.2 Å². The first kappa shape index (κ1) is 18.4. The van der Waals surface area contributed by atoms with E-state index in [2.05, 4.69) is 0 Å². The van der Waals surface area contributed by atoms with Crippen molar-refractivity contribution >= 4 is 37.6 Å². The zero-order valence-electron chi connectivity index (χ0n) is 14.8. The molecule has 0 aromatic heterocycles. The van der Waals surface area contributed by atoms with Crippen molar-refractivity contribution < 1.29 is 22.5 Å². The molecule has 0 atom stereocenters. The molecule has 3 aromatic carbocycles. The fourth-order valence-corrected chi connectivity index (χ4v) is 3.08. The number of fused-ring (bicyclic) bond motifs is 2. The summed E-state index contributed by atoms with van der Waals surface area (Å²) in [7, 11) is -4.24. The van der Waals surface area contributed by atoms with Crippen molar-refractivity contribution in [3.8, 4) is 5.75 Å². The highest BCUT2D eigenvalue weighted by Crippen LogP contribution is 2.29. The number of carbonyl (C=O) groups is 1. The largest absolute Gasteiger partial charge is 0.426 e. The van der Waals surface area contributed by atoms with Crippen LogP contribution < -0.4 is 4.74 Å². The van der Waals surface area contributed by atoms with Crippen LogP contribution in [-0.2, 0) is 14.9 Å². The molecule has 0 aliphatic carbocycles. The Kier molecular flexibility index (Phi) is 4.50. The van der Waals surface area contributed by atoms with Gasteiger partial charge in [-0.15, -0.1) is 0 Å². The van der Waals surface area contributed by atoms with Crippen LogP contribution in [0.5, 0.6) is 5.75 Å². The summed E-state index contributed by atoms with van der Waals surface area (Å²) in [4.78, 5) is 12.1. The van der Waals surface area contributed by atoms with Crippen LogP contribution in [0.3, 0.4) is 0 Å². The lowest BCUT2D eigenvalue weighted by Crippen LogP contribution is -2.28. The van der Waals surface area contributed by atoms with Gasteiger partial charge in [-0.3, -0.25) is 9.35 Å². The third kappa shape index (κ3) is 3.57. The molecular weight excluding hydrogens is 352 g/mol. The van der Waals surface area contributed by atoms with E-state index >= 15 is 0 Å². The lowest BCUT2D eigenvalue weighted by molar-refractivity contribution is -0.144. The Morgan fingerprint density at radius 1 is 0.962 bits per heavy atom. The van der Waals surface area contributed by atoms with Crippen molar-refractivity contribution in [3.05, 3.63) is 48.5 Å². The summed E-state index contributed by atoms with van der Waals surface area (Å²) in [5.74, 6) is 0.191. The Hall–Kier alpha value is -2.44. The van der Waals surface area contributed by atoms with Gasteiger partial charge in [-0.2, -0.15) is 8.42 Å². The third-order valence-corrected chi connectivity index (χ3v) is 5.53. The van der Waals surface area contributed by atoms with Crippen LogP contribution in [0.2, 0.25) is 0 Å². The van der Waals surface area contributed by atoms with Gasteiger partial charge in [-0.05, 0) is 78.2 Å². The fraction of sp³-hybridized carbons (Fsp3) is 0.250. The van der Waals surface area contributed by atoms with Crippen LogP contribution in [0.25, 0.3) is 21.5 Å². The summed E-state index contributed by atoms with van der Waals surface area (Å²) in [6.45, 7) is 5.63. The van der Waals surface area contributed by atoms with Gasteiger partial charge in [0.2, 0.25) is 0 Å². The third-order valence-electron chi connectivity index (χ3n) is 4.68. The Morgan fingerprint density at radius 3 is 2.12 bits per heavy atom. The van der Waals surface area contributed by atoms with Gasteiger partial charge in [0.25, 0.3) is 10.1 Å². The van der Waals surface area contributed by atoms with E-state index in [4.69, 9.17) is 4.74 Å². The Morgan fingerprint density at radius 2 is 1.54 bits per heavy atom. The number of ether oxygens (including phenoxy) is 1. The highest BCUT2D eigenvalue weighted by molar-refractivity contribution is 7.85. The van der Waals surface area contributed by atoms with Crippen LogP contribution in [0.1, 0.15) is 27.2 Å². The van der Waals surface area contributed by atoms with E-state index in [9.17, 15) is 17.8 Å². The fourth-order valence-electron chi connectivity index (χ4n) is 2.57. The number of rotatable bonds is 4. The van der Waals surface area contributed by atoms with Crippen molar-refractivity contribution in [3.63, 3.8) is 0 Å². The lowest BCUT2D eigenvalue weighted by Gasteiger charge is -2.20. The Labute approximate surface area is 152 Å². The second kappa shape index (κ2) is 6.37. The zero-order chi connectivity index (χ0) is 19.1. The highest BCUT2D eigenvalue weighted by Gasteiger charge is 2.27. The van der Waals surface area contributed by atoms with Crippen molar-refractivity contribution in [2.75, 3.05) is 0 Å². The molecule has 0 fully saturated rings. The maximum atomic E-state index is 12.2. The van der Waals surface area contributed by atoms with Crippen LogP contribution in [-0.4, -0.2) is 18.9 Å². The SMILES string of the molecule is CCC(C)(C)C(=O)Oc1ccc2cc3cc(S(=O)(=O)O)ccc3cc2c1. The summed E-state index contributed by atoms with van der Waals surface area (Å²) in [5, 5.41) is 3.27. The van der Waals surface area contributed by atoms with Crippen molar-refractivity contribution in [2.45, 2.75) is 32.1 Å². The number of hydrogen-bond acceptors (Lipinski definition) is 4. The number of esters is 1. The minimum absolute atomic E-state index is 0.142. The standard InChI is InChI=1S/C20H20O5S/c1-4-20(2,3)19(21)25-17-7-5-13-10-16-12-18(26(22,23)24)8-6-14(16)9-15(13)11-17/h5-12H,4H2,1-3H3,(H,22,23,24). The minimum atomic E-state index is -4.24. The Balaban J connectivity index is 2.03. The highest BCUT2D eigenvalue weighted by atomic mass is 32.2. The molecule has 0 radical (unpaired) electrons. The predicted molar refractivity (Wildman–Crippen MR) is 101 cm³/mol. The smallest absolute Gasteiger partial charge is 0.316 e. The molecule has 0 unspecified atom stereocenters. The maximum Gasteiger partial charge on any atom is 0.316 e. The monoisotopic (exact) mass is 372 g/mol. The molecule has 1 N–H and O–H groups in total. The van der Waals surface area contributed by atoms with Crippen LogP contribution in [0, 0.1) is 5.41 Å². The molecule has 0 heterocycles. The van der Waals surface area contributed by atoms with Gasteiger partial charge < -0.3 is 4.74 Å². The summed E-state index contributed by atoms with van der Waals surface area (Å²) in [5.41, 5.74) is -0.551.